The van der Waals surface area contributed by atoms with Crippen molar-refractivity contribution in [3.8, 4) is 0 Å². The molecule has 0 amide bonds. The van der Waals surface area contributed by atoms with Gasteiger partial charge in [0.25, 0.3) is 0 Å². The first-order valence-electron chi connectivity index (χ1n) is 7.48. The lowest BCUT2D eigenvalue weighted by molar-refractivity contribution is 0.371. The SMILES string of the molecule is CC1CC(c2n[nH]c(C3CCCCC3)n2)CCN1. The molecule has 1 aromatic rings. The number of hydrogen-bond donors (Lipinski definition) is 2. The minimum Gasteiger partial charge on any atom is -0.314 e. The first kappa shape index (κ1) is 12.2. The van der Waals surface area contributed by atoms with Crippen molar-refractivity contribution in [2.24, 2.45) is 0 Å². The fourth-order valence-corrected chi connectivity index (χ4v) is 3.40. The molecular formula is C14H24N4. The van der Waals surface area contributed by atoms with Gasteiger partial charge in [-0.05, 0) is 39.2 Å². The second-order valence-corrected chi connectivity index (χ2v) is 5.99. The minimum absolute atomic E-state index is 0.551. The zero-order chi connectivity index (χ0) is 12.4. The van der Waals surface area contributed by atoms with Gasteiger partial charge in [0.05, 0.1) is 0 Å². The second kappa shape index (κ2) is 5.39. The summed E-state index contributed by atoms with van der Waals surface area (Å²) in [5.41, 5.74) is 0. The molecule has 1 aliphatic carbocycles. The molecule has 1 aliphatic heterocycles. The van der Waals surface area contributed by atoms with E-state index in [4.69, 9.17) is 4.98 Å². The highest BCUT2D eigenvalue weighted by atomic mass is 15.2. The third kappa shape index (κ3) is 2.58. The van der Waals surface area contributed by atoms with Crippen molar-refractivity contribution in [2.45, 2.75) is 69.7 Å². The van der Waals surface area contributed by atoms with Crippen LogP contribution in [-0.4, -0.2) is 27.8 Å². The monoisotopic (exact) mass is 248 g/mol. The van der Waals surface area contributed by atoms with E-state index in [9.17, 15) is 0 Å². The molecule has 0 radical (unpaired) electrons. The highest BCUT2D eigenvalue weighted by molar-refractivity contribution is 5.04. The quantitative estimate of drug-likeness (QED) is 0.846. The first-order chi connectivity index (χ1) is 8.83. The van der Waals surface area contributed by atoms with Crippen molar-refractivity contribution in [1.29, 1.82) is 0 Å². The Morgan fingerprint density at radius 2 is 1.89 bits per heavy atom. The van der Waals surface area contributed by atoms with Gasteiger partial charge < -0.3 is 5.32 Å². The van der Waals surface area contributed by atoms with E-state index in [0.717, 1.165) is 18.2 Å². The number of rotatable bonds is 2. The standard InChI is InChI=1S/C14H24N4/c1-10-9-12(7-8-15-10)14-16-13(17-18-14)11-5-3-2-4-6-11/h10-12,15H,2-9H2,1H3,(H,16,17,18). The number of hydrogen-bond acceptors (Lipinski definition) is 3. The van der Waals surface area contributed by atoms with Gasteiger partial charge in [0.1, 0.15) is 5.82 Å². The molecular weight excluding hydrogens is 224 g/mol. The summed E-state index contributed by atoms with van der Waals surface area (Å²) in [5.74, 6) is 3.40. The van der Waals surface area contributed by atoms with E-state index in [-0.39, 0.29) is 0 Å². The maximum absolute atomic E-state index is 4.80. The van der Waals surface area contributed by atoms with Crippen molar-refractivity contribution in [3.63, 3.8) is 0 Å². The molecule has 1 saturated carbocycles. The van der Waals surface area contributed by atoms with Gasteiger partial charge in [0.2, 0.25) is 0 Å². The van der Waals surface area contributed by atoms with Crippen LogP contribution in [0.5, 0.6) is 0 Å². The lowest BCUT2D eigenvalue weighted by Crippen LogP contribution is -2.35. The predicted molar refractivity (Wildman–Crippen MR) is 71.6 cm³/mol. The van der Waals surface area contributed by atoms with Gasteiger partial charge in [-0.2, -0.15) is 5.10 Å². The molecule has 1 aromatic heterocycles. The highest BCUT2D eigenvalue weighted by Crippen LogP contribution is 2.32. The van der Waals surface area contributed by atoms with E-state index >= 15 is 0 Å². The second-order valence-electron chi connectivity index (χ2n) is 5.99. The summed E-state index contributed by atoms with van der Waals surface area (Å²) in [4.78, 5) is 4.80. The maximum Gasteiger partial charge on any atom is 0.153 e. The Labute approximate surface area is 109 Å². The molecule has 2 fully saturated rings. The molecule has 2 N–H and O–H groups in total. The zero-order valence-electron chi connectivity index (χ0n) is 11.3. The minimum atomic E-state index is 0.551. The average Bonchev–Trinajstić information content (AvgIpc) is 2.89. The van der Waals surface area contributed by atoms with Crippen LogP contribution in [-0.2, 0) is 0 Å². The van der Waals surface area contributed by atoms with Crippen molar-refractivity contribution >= 4 is 0 Å². The Hall–Kier alpha value is -0.900. The topological polar surface area (TPSA) is 53.6 Å². The van der Waals surface area contributed by atoms with Crippen LogP contribution in [0.25, 0.3) is 0 Å². The normalized spacial score (nSPS) is 30.5. The average molecular weight is 248 g/mol. The molecule has 3 rings (SSSR count). The largest absolute Gasteiger partial charge is 0.314 e. The summed E-state index contributed by atoms with van der Waals surface area (Å²) < 4.78 is 0. The van der Waals surface area contributed by atoms with Gasteiger partial charge in [-0.3, -0.25) is 5.10 Å². The number of aromatic amines is 1. The summed E-state index contributed by atoms with van der Waals surface area (Å²) in [5, 5.41) is 11.2. The number of aromatic nitrogens is 3. The molecule has 100 valence electrons. The van der Waals surface area contributed by atoms with Gasteiger partial charge in [-0.25, -0.2) is 4.98 Å². The molecule has 0 aromatic carbocycles. The number of nitrogens with zero attached hydrogens (tertiary/aromatic N) is 2. The van der Waals surface area contributed by atoms with Gasteiger partial charge in [-0.15, -0.1) is 0 Å². The fourth-order valence-electron chi connectivity index (χ4n) is 3.40. The Kier molecular flexibility index (Phi) is 3.64. The van der Waals surface area contributed by atoms with Crippen molar-refractivity contribution in [2.75, 3.05) is 6.54 Å². The van der Waals surface area contributed by atoms with Crippen LogP contribution in [0, 0.1) is 0 Å². The number of piperidine rings is 1. The summed E-state index contributed by atoms with van der Waals surface area (Å²) in [6.07, 6.45) is 9.02. The smallest absolute Gasteiger partial charge is 0.153 e. The fraction of sp³-hybridized carbons (Fsp3) is 0.857. The zero-order valence-corrected chi connectivity index (χ0v) is 11.3. The molecule has 2 unspecified atom stereocenters. The first-order valence-corrected chi connectivity index (χ1v) is 7.48. The van der Waals surface area contributed by atoms with E-state index < -0.39 is 0 Å². The van der Waals surface area contributed by atoms with Gasteiger partial charge in [0, 0.05) is 17.9 Å². The van der Waals surface area contributed by atoms with Gasteiger partial charge in [0.15, 0.2) is 5.82 Å². The Bertz CT molecular complexity index is 381. The van der Waals surface area contributed by atoms with E-state index in [1.807, 2.05) is 0 Å². The van der Waals surface area contributed by atoms with Gasteiger partial charge >= 0.3 is 0 Å². The molecule has 0 spiro atoms. The van der Waals surface area contributed by atoms with Crippen LogP contribution in [0.1, 0.15) is 75.4 Å². The highest BCUT2D eigenvalue weighted by Gasteiger charge is 2.25. The Morgan fingerprint density at radius 3 is 2.67 bits per heavy atom. The van der Waals surface area contributed by atoms with E-state index in [0.29, 0.717) is 17.9 Å². The maximum atomic E-state index is 4.80. The molecule has 2 heterocycles. The summed E-state index contributed by atoms with van der Waals surface area (Å²) in [6.45, 7) is 3.35. The summed E-state index contributed by atoms with van der Waals surface area (Å²) in [7, 11) is 0. The van der Waals surface area contributed by atoms with Crippen molar-refractivity contribution in [1.82, 2.24) is 20.5 Å². The van der Waals surface area contributed by atoms with Crippen molar-refractivity contribution in [3.05, 3.63) is 11.6 Å². The van der Waals surface area contributed by atoms with Crippen LogP contribution in [0.2, 0.25) is 0 Å². The summed E-state index contributed by atoms with van der Waals surface area (Å²) in [6, 6.07) is 0.598. The third-order valence-corrected chi connectivity index (χ3v) is 4.50. The van der Waals surface area contributed by atoms with E-state index in [1.165, 1.54) is 44.9 Å². The van der Waals surface area contributed by atoms with Gasteiger partial charge in [-0.1, -0.05) is 19.3 Å². The van der Waals surface area contributed by atoms with E-state index in [2.05, 4.69) is 22.4 Å². The Balaban J connectivity index is 1.68. The number of H-pyrrole nitrogens is 1. The van der Waals surface area contributed by atoms with Crippen LogP contribution in [0.4, 0.5) is 0 Å². The molecule has 1 saturated heterocycles. The third-order valence-electron chi connectivity index (χ3n) is 4.50. The molecule has 0 bridgehead atoms. The molecule has 2 aliphatic rings. The lowest BCUT2D eigenvalue weighted by atomic mass is 9.88. The van der Waals surface area contributed by atoms with Crippen molar-refractivity contribution < 1.29 is 0 Å². The van der Waals surface area contributed by atoms with Crippen LogP contribution >= 0.6 is 0 Å². The number of nitrogens with one attached hydrogen (secondary N) is 2. The molecule has 2 atom stereocenters. The van der Waals surface area contributed by atoms with Crippen LogP contribution in [0.15, 0.2) is 0 Å². The molecule has 18 heavy (non-hydrogen) atoms. The van der Waals surface area contributed by atoms with E-state index in [1.54, 1.807) is 0 Å². The van der Waals surface area contributed by atoms with Crippen LogP contribution < -0.4 is 5.32 Å². The van der Waals surface area contributed by atoms with Crippen LogP contribution in [0.3, 0.4) is 0 Å². The molecule has 4 heteroatoms. The molecule has 4 nitrogen and oxygen atoms in total. The lowest BCUT2D eigenvalue weighted by Gasteiger charge is -2.25. The Morgan fingerprint density at radius 1 is 1.06 bits per heavy atom. The summed E-state index contributed by atoms with van der Waals surface area (Å²) >= 11 is 0. The predicted octanol–water partition coefficient (Wildman–Crippen LogP) is 2.71.